The van der Waals surface area contributed by atoms with E-state index in [9.17, 15) is 4.79 Å². The molecule has 2 aromatic heterocycles. The molecule has 2 heterocycles. The SMILES string of the molecule is Cc1cc(NC(=O)Nc2ccc3sccc3c2)on1. The third kappa shape index (κ3) is 2.58. The molecule has 0 atom stereocenters. The molecular formula is C13H11N3O2S. The van der Waals surface area contributed by atoms with E-state index in [1.165, 1.54) is 4.70 Å². The van der Waals surface area contributed by atoms with E-state index in [4.69, 9.17) is 4.52 Å². The number of nitrogens with zero attached hydrogens (tertiary/aromatic N) is 1. The van der Waals surface area contributed by atoms with E-state index in [1.807, 2.05) is 29.6 Å². The van der Waals surface area contributed by atoms with Crippen molar-refractivity contribution < 1.29 is 9.32 Å². The molecule has 0 unspecified atom stereocenters. The van der Waals surface area contributed by atoms with Gasteiger partial charge in [0.2, 0.25) is 5.88 Å². The van der Waals surface area contributed by atoms with Crippen molar-refractivity contribution in [3.63, 3.8) is 0 Å². The molecule has 0 radical (unpaired) electrons. The lowest BCUT2D eigenvalue weighted by atomic mass is 10.2. The van der Waals surface area contributed by atoms with E-state index < -0.39 is 0 Å². The number of hydrogen-bond donors (Lipinski definition) is 2. The maximum atomic E-state index is 11.8. The fourth-order valence-corrected chi connectivity index (χ4v) is 2.51. The van der Waals surface area contributed by atoms with Gasteiger partial charge in [-0.1, -0.05) is 5.16 Å². The third-order valence-corrected chi connectivity index (χ3v) is 3.47. The molecule has 0 saturated carbocycles. The molecule has 6 heteroatoms. The average molecular weight is 273 g/mol. The maximum absolute atomic E-state index is 11.8. The first-order chi connectivity index (χ1) is 9.20. The van der Waals surface area contributed by atoms with E-state index >= 15 is 0 Å². The predicted octanol–water partition coefficient (Wildman–Crippen LogP) is 3.84. The summed E-state index contributed by atoms with van der Waals surface area (Å²) in [4.78, 5) is 11.8. The van der Waals surface area contributed by atoms with Crippen LogP contribution in [0.5, 0.6) is 0 Å². The van der Waals surface area contributed by atoms with Crippen molar-refractivity contribution in [1.29, 1.82) is 0 Å². The zero-order valence-corrected chi connectivity index (χ0v) is 11.0. The quantitative estimate of drug-likeness (QED) is 0.745. The lowest BCUT2D eigenvalue weighted by Gasteiger charge is -2.05. The molecule has 3 rings (SSSR count). The standard InChI is InChI=1S/C13H11N3O2S/c1-8-6-12(18-16-8)15-13(17)14-10-2-3-11-9(7-10)4-5-19-11/h2-7H,1H3,(H2,14,15,17). The van der Waals surface area contributed by atoms with Crippen LogP contribution >= 0.6 is 11.3 Å². The summed E-state index contributed by atoms with van der Waals surface area (Å²) < 4.78 is 6.10. The van der Waals surface area contributed by atoms with E-state index in [1.54, 1.807) is 24.3 Å². The van der Waals surface area contributed by atoms with Gasteiger partial charge < -0.3 is 9.84 Å². The number of fused-ring (bicyclic) bond motifs is 1. The van der Waals surface area contributed by atoms with Crippen LogP contribution in [0.2, 0.25) is 0 Å². The second-order valence-corrected chi connectivity index (χ2v) is 5.03. The number of aromatic nitrogens is 1. The predicted molar refractivity (Wildman–Crippen MR) is 75.7 cm³/mol. The number of benzene rings is 1. The summed E-state index contributed by atoms with van der Waals surface area (Å²) in [6, 6.07) is 9.09. The molecule has 0 aliphatic heterocycles. The Hall–Kier alpha value is -2.34. The van der Waals surface area contributed by atoms with Crippen molar-refractivity contribution in [3.8, 4) is 0 Å². The maximum Gasteiger partial charge on any atom is 0.326 e. The monoisotopic (exact) mass is 273 g/mol. The Morgan fingerprint density at radius 3 is 2.95 bits per heavy atom. The highest BCUT2D eigenvalue weighted by Crippen LogP contribution is 2.24. The molecular weight excluding hydrogens is 262 g/mol. The number of anilines is 2. The van der Waals surface area contributed by atoms with Gasteiger partial charge in [0.05, 0.1) is 5.69 Å². The Balaban J connectivity index is 1.71. The highest BCUT2D eigenvalue weighted by molar-refractivity contribution is 7.17. The number of amides is 2. The van der Waals surface area contributed by atoms with Crippen molar-refractivity contribution in [1.82, 2.24) is 5.16 Å². The Kier molecular flexibility index (Phi) is 2.92. The highest BCUT2D eigenvalue weighted by atomic mass is 32.1. The zero-order chi connectivity index (χ0) is 13.2. The number of hydrogen-bond acceptors (Lipinski definition) is 4. The molecule has 2 N–H and O–H groups in total. The Morgan fingerprint density at radius 2 is 2.16 bits per heavy atom. The van der Waals surface area contributed by atoms with Gasteiger partial charge in [0.1, 0.15) is 0 Å². The Morgan fingerprint density at radius 1 is 1.26 bits per heavy atom. The molecule has 2 amide bonds. The number of nitrogens with one attached hydrogen (secondary N) is 2. The summed E-state index contributed by atoms with van der Waals surface area (Å²) in [5.74, 6) is 0.326. The topological polar surface area (TPSA) is 67.2 Å². The van der Waals surface area contributed by atoms with Gasteiger partial charge in [-0.25, -0.2) is 4.79 Å². The van der Waals surface area contributed by atoms with Crippen LogP contribution in [-0.4, -0.2) is 11.2 Å². The van der Waals surface area contributed by atoms with Crippen LogP contribution in [0.4, 0.5) is 16.4 Å². The number of carbonyl (C=O) groups is 1. The minimum absolute atomic E-state index is 0.326. The lowest BCUT2D eigenvalue weighted by molar-refractivity contribution is 0.261. The first-order valence-electron chi connectivity index (χ1n) is 5.69. The van der Waals surface area contributed by atoms with Crippen LogP contribution in [0, 0.1) is 6.92 Å². The van der Waals surface area contributed by atoms with E-state index in [0.717, 1.165) is 16.8 Å². The summed E-state index contributed by atoms with van der Waals surface area (Å²) in [7, 11) is 0. The first-order valence-corrected chi connectivity index (χ1v) is 6.57. The third-order valence-electron chi connectivity index (χ3n) is 2.57. The molecule has 1 aromatic carbocycles. The summed E-state index contributed by atoms with van der Waals surface area (Å²) in [5, 5.41) is 12.1. The lowest BCUT2D eigenvalue weighted by Crippen LogP contribution is -2.18. The highest BCUT2D eigenvalue weighted by Gasteiger charge is 2.07. The molecule has 0 bridgehead atoms. The molecule has 19 heavy (non-hydrogen) atoms. The van der Waals surface area contributed by atoms with Crippen LogP contribution < -0.4 is 10.6 Å². The average Bonchev–Trinajstić information content (AvgIpc) is 2.97. The smallest absolute Gasteiger partial charge is 0.326 e. The van der Waals surface area contributed by atoms with Crippen LogP contribution in [0.15, 0.2) is 40.2 Å². The van der Waals surface area contributed by atoms with Crippen molar-refractivity contribution in [3.05, 3.63) is 41.4 Å². The number of aryl methyl sites for hydroxylation is 1. The van der Waals surface area contributed by atoms with E-state index in [-0.39, 0.29) is 6.03 Å². The van der Waals surface area contributed by atoms with Crippen molar-refractivity contribution >= 4 is 39.0 Å². The molecule has 0 aliphatic rings. The number of carbonyl (C=O) groups excluding carboxylic acids is 1. The summed E-state index contributed by atoms with van der Waals surface area (Å²) >= 11 is 1.67. The first kappa shape index (κ1) is 11.7. The van der Waals surface area contributed by atoms with Gasteiger partial charge >= 0.3 is 6.03 Å². The fraction of sp³-hybridized carbons (Fsp3) is 0.0769. The number of urea groups is 1. The Labute approximate surface area is 113 Å². The minimum atomic E-state index is -0.356. The molecule has 0 fully saturated rings. The minimum Gasteiger partial charge on any atom is -0.338 e. The fourth-order valence-electron chi connectivity index (χ4n) is 1.74. The van der Waals surface area contributed by atoms with Crippen molar-refractivity contribution in [2.45, 2.75) is 6.92 Å². The second-order valence-electron chi connectivity index (χ2n) is 4.08. The Bertz CT molecular complexity index is 732. The van der Waals surface area contributed by atoms with E-state index in [0.29, 0.717) is 5.88 Å². The second kappa shape index (κ2) is 4.74. The normalized spacial score (nSPS) is 10.6. The summed E-state index contributed by atoms with van der Waals surface area (Å²) in [5.41, 5.74) is 1.45. The number of thiophene rings is 1. The van der Waals surface area contributed by atoms with Crippen molar-refractivity contribution in [2.24, 2.45) is 0 Å². The summed E-state index contributed by atoms with van der Waals surface area (Å²) in [6.45, 7) is 1.79. The van der Waals surface area contributed by atoms with Gasteiger partial charge in [-0.3, -0.25) is 5.32 Å². The molecule has 0 saturated heterocycles. The van der Waals surface area contributed by atoms with E-state index in [2.05, 4.69) is 15.8 Å². The van der Waals surface area contributed by atoms with Crippen LogP contribution in [-0.2, 0) is 0 Å². The van der Waals surface area contributed by atoms with Gasteiger partial charge in [-0.05, 0) is 42.0 Å². The molecule has 0 spiro atoms. The van der Waals surface area contributed by atoms with Gasteiger partial charge in [-0.2, -0.15) is 0 Å². The van der Waals surface area contributed by atoms with Gasteiger partial charge in [0, 0.05) is 16.5 Å². The molecule has 0 aliphatic carbocycles. The van der Waals surface area contributed by atoms with Crippen LogP contribution in [0.1, 0.15) is 5.69 Å². The largest absolute Gasteiger partial charge is 0.338 e. The molecule has 3 aromatic rings. The van der Waals surface area contributed by atoms with Crippen molar-refractivity contribution in [2.75, 3.05) is 10.6 Å². The number of rotatable bonds is 2. The van der Waals surface area contributed by atoms with Crippen LogP contribution in [0.3, 0.4) is 0 Å². The van der Waals surface area contributed by atoms with Crippen LogP contribution in [0.25, 0.3) is 10.1 Å². The molecule has 96 valence electrons. The van der Waals surface area contributed by atoms with Gasteiger partial charge in [0.15, 0.2) is 0 Å². The molecule has 5 nitrogen and oxygen atoms in total. The van der Waals surface area contributed by atoms with Gasteiger partial charge in [-0.15, -0.1) is 11.3 Å². The van der Waals surface area contributed by atoms with Gasteiger partial charge in [0.25, 0.3) is 0 Å². The zero-order valence-electron chi connectivity index (χ0n) is 10.1. The summed E-state index contributed by atoms with van der Waals surface area (Å²) in [6.07, 6.45) is 0.